The first-order valence-corrected chi connectivity index (χ1v) is 8.06. The maximum atomic E-state index is 6.48. The van der Waals surface area contributed by atoms with Crippen LogP contribution in [0.1, 0.15) is 49.6 Å². The van der Waals surface area contributed by atoms with Gasteiger partial charge in [-0.25, -0.2) is 0 Å². The van der Waals surface area contributed by atoms with E-state index in [1.54, 1.807) is 0 Å². The van der Waals surface area contributed by atoms with Crippen molar-refractivity contribution in [2.45, 2.75) is 46.2 Å². The molecule has 114 valence electrons. The van der Waals surface area contributed by atoms with Crippen molar-refractivity contribution in [3.63, 3.8) is 0 Å². The van der Waals surface area contributed by atoms with E-state index in [2.05, 4.69) is 54.1 Å². The Labute approximate surface area is 132 Å². The van der Waals surface area contributed by atoms with Crippen LogP contribution in [0.3, 0.4) is 0 Å². The van der Waals surface area contributed by atoms with Crippen molar-refractivity contribution >= 4 is 11.6 Å². The molecule has 1 aromatic carbocycles. The minimum Gasteiger partial charge on any atom is -0.305 e. The normalized spacial score (nSPS) is 12.6. The molecule has 0 saturated carbocycles. The fourth-order valence-electron chi connectivity index (χ4n) is 2.52. The van der Waals surface area contributed by atoms with Crippen LogP contribution >= 0.6 is 11.6 Å². The summed E-state index contributed by atoms with van der Waals surface area (Å²) >= 11 is 6.48. The van der Waals surface area contributed by atoms with Gasteiger partial charge in [-0.15, -0.1) is 0 Å². The van der Waals surface area contributed by atoms with Crippen LogP contribution in [0.25, 0.3) is 0 Å². The molecule has 0 aliphatic heterocycles. The third-order valence-electron chi connectivity index (χ3n) is 3.55. The first-order valence-electron chi connectivity index (χ1n) is 7.68. The molecule has 3 nitrogen and oxygen atoms in total. The molecule has 0 spiro atoms. The van der Waals surface area contributed by atoms with Crippen LogP contribution in [0.15, 0.2) is 30.5 Å². The quantitative estimate of drug-likeness (QED) is 0.824. The average molecular weight is 306 g/mol. The number of halogens is 1. The number of aromatic nitrogens is 2. The third kappa shape index (κ3) is 3.86. The third-order valence-corrected chi connectivity index (χ3v) is 3.87. The fourth-order valence-corrected chi connectivity index (χ4v) is 2.86. The molecule has 0 fully saturated rings. The Kier molecular flexibility index (Phi) is 5.83. The maximum absolute atomic E-state index is 6.48. The van der Waals surface area contributed by atoms with Gasteiger partial charge >= 0.3 is 0 Å². The molecular weight excluding hydrogens is 282 g/mol. The van der Waals surface area contributed by atoms with Gasteiger partial charge in [0.2, 0.25) is 0 Å². The number of hydrogen-bond acceptors (Lipinski definition) is 2. The summed E-state index contributed by atoms with van der Waals surface area (Å²) in [6.45, 7) is 8.27. The lowest BCUT2D eigenvalue weighted by molar-refractivity contribution is 0.511. The molecule has 1 atom stereocenters. The smallest absolute Gasteiger partial charge is 0.0762 e. The molecule has 0 aliphatic rings. The van der Waals surface area contributed by atoms with E-state index < -0.39 is 0 Å². The Morgan fingerprint density at radius 2 is 2.05 bits per heavy atom. The van der Waals surface area contributed by atoms with E-state index >= 15 is 0 Å². The van der Waals surface area contributed by atoms with Gasteiger partial charge in [-0.2, -0.15) is 5.10 Å². The minimum absolute atomic E-state index is 0.0899. The number of nitrogens with zero attached hydrogens (tertiary/aromatic N) is 2. The first-order chi connectivity index (χ1) is 10.2. The molecule has 1 aromatic heterocycles. The van der Waals surface area contributed by atoms with Gasteiger partial charge < -0.3 is 5.32 Å². The Hall–Kier alpha value is -1.32. The Balaban J connectivity index is 2.39. The molecule has 1 heterocycles. The van der Waals surface area contributed by atoms with Crippen molar-refractivity contribution < 1.29 is 0 Å². The number of benzene rings is 1. The topological polar surface area (TPSA) is 29.9 Å². The molecule has 0 bridgehead atoms. The number of nitrogens with one attached hydrogen (secondary N) is 1. The van der Waals surface area contributed by atoms with E-state index in [0.29, 0.717) is 0 Å². The standard InChI is InChI=1S/C17H24ClN3/c1-4-9-19-17(14-7-6-13(3)12-15(14)18)16-8-10-20-21(16)11-5-2/h6-8,10,12,17,19H,4-5,9,11H2,1-3H3. The van der Waals surface area contributed by atoms with Gasteiger partial charge in [0.25, 0.3) is 0 Å². The summed E-state index contributed by atoms with van der Waals surface area (Å²) in [5.41, 5.74) is 3.48. The van der Waals surface area contributed by atoms with Gasteiger partial charge in [0, 0.05) is 17.8 Å². The van der Waals surface area contributed by atoms with Crippen LogP contribution in [0.5, 0.6) is 0 Å². The summed E-state index contributed by atoms with van der Waals surface area (Å²) in [5, 5.41) is 8.86. The van der Waals surface area contributed by atoms with Gasteiger partial charge in [-0.05, 0) is 49.6 Å². The Morgan fingerprint density at radius 3 is 2.71 bits per heavy atom. The lowest BCUT2D eigenvalue weighted by Gasteiger charge is -2.22. The Morgan fingerprint density at radius 1 is 1.24 bits per heavy atom. The van der Waals surface area contributed by atoms with Crippen molar-refractivity contribution in [1.82, 2.24) is 15.1 Å². The zero-order valence-corrected chi connectivity index (χ0v) is 13.8. The van der Waals surface area contributed by atoms with Crippen LogP contribution in [-0.2, 0) is 6.54 Å². The van der Waals surface area contributed by atoms with Crippen molar-refractivity contribution in [2.24, 2.45) is 0 Å². The zero-order valence-electron chi connectivity index (χ0n) is 13.1. The zero-order chi connectivity index (χ0) is 15.2. The highest BCUT2D eigenvalue weighted by molar-refractivity contribution is 6.31. The molecule has 0 amide bonds. The van der Waals surface area contributed by atoms with Crippen molar-refractivity contribution in [2.75, 3.05) is 6.54 Å². The van der Waals surface area contributed by atoms with Gasteiger partial charge in [0.15, 0.2) is 0 Å². The van der Waals surface area contributed by atoms with Crippen LogP contribution in [0.4, 0.5) is 0 Å². The number of hydrogen-bond donors (Lipinski definition) is 1. The maximum Gasteiger partial charge on any atom is 0.0762 e. The van der Waals surface area contributed by atoms with E-state index in [1.807, 2.05) is 12.3 Å². The lowest BCUT2D eigenvalue weighted by atomic mass is 10.0. The van der Waals surface area contributed by atoms with Crippen LogP contribution < -0.4 is 5.32 Å². The average Bonchev–Trinajstić information content (AvgIpc) is 2.90. The second kappa shape index (κ2) is 7.62. The van der Waals surface area contributed by atoms with E-state index in [0.717, 1.165) is 36.5 Å². The molecule has 0 saturated heterocycles. The number of aryl methyl sites for hydroxylation is 2. The summed E-state index contributed by atoms with van der Waals surface area (Å²) < 4.78 is 2.07. The van der Waals surface area contributed by atoms with Crippen molar-refractivity contribution in [3.05, 3.63) is 52.3 Å². The highest BCUT2D eigenvalue weighted by Gasteiger charge is 2.20. The van der Waals surface area contributed by atoms with Crippen LogP contribution in [0, 0.1) is 6.92 Å². The van der Waals surface area contributed by atoms with Gasteiger partial charge in [-0.1, -0.05) is 37.6 Å². The lowest BCUT2D eigenvalue weighted by Crippen LogP contribution is -2.26. The van der Waals surface area contributed by atoms with Crippen molar-refractivity contribution in [3.8, 4) is 0 Å². The Bertz CT molecular complexity index is 577. The molecule has 1 unspecified atom stereocenters. The predicted molar refractivity (Wildman–Crippen MR) is 88.8 cm³/mol. The molecule has 1 N–H and O–H groups in total. The van der Waals surface area contributed by atoms with Crippen LogP contribution in [-0.4, -0.2) is 16.3 Å². The SMILES string of the molecule is CCCNC(c1ccc(C)cc1Cl)c1ccnn1CCC. The van der Waals surface area contributed by atoms with E-state index in [-0.39, 0.29) is 6.04 Å². The van der Waals surface area contributed by atoms with Gasteiger partial charge in [-0.3, -0.25) is 4.68 Å². The molecule has 21 heavy (non-hydrogen) atoms. The largest absolute Gasteiger partial charge is 0.305 e. The second-order valence-corrected chi connectivity index (χ2v) is 5.80. The van der Waals surface area contributed by atoms with Gasteiger partial charge in [0.1, 0.15) is 0 Å². The number of rotatable bonds is 7. The highest BCUT2D eigenvalue weighted by Crippen LogP contribution is 2.29. The summed E-state index contributed by atoms with van der Waals surface area (Å²) in [6.07, 6.45) is 4.02. The predicted octanol–water partition coefficient (Wildman–Crippen LogP) is 4.34. The summed E-state index contributed by atoms with van der Waals surface area (Å²) in [7, 11) is 0. The van der Waals surface area contributed by atoms with E-state index in [9.17, 15) is 0 Å². The fraction of sp³-hybridized carbons (Fsp3) is 0.471. The molecular formula is C17H24ClN3. The second-order valence-electron chi connectivity index (χ2n) is 5.39. The van der Waals surface area contributed by atoms with Gasteiger partial charge in [0.05, 0.1) is 11.7 Å². The van der Waals surface area contributed by atoms with Crippen LogP contribution in [0.2, 0.25) is 5.02 Å². The molecule has 0 aliphatic carbocycles. The minimum atomic E-state index is 0.0899. The highest BCUT2D eigenvalue weighted by atomic mass is 35.5. The summed E-state index contributed by atoms with van der Waals surface area (Å²) in [6, 6.07) is 8.43. The van der Waals surface area contributed by atoms with E-state index in [1.165, 1.54) is 11.3 Å². The molecule has 0 radical (unpaired) electrons. The summed E-state index contributed by atoms with van der Waals surface area (Å²) in [4.78, 5) is 0. The van der Waals surface area contributed by atoms with E-state index in [4.69, 9.17) is 11.6 Å². The molecule has 2 rings (SSSR count). The molecule has 2 aromatic rings. The molecule has 4 heteroatoms. The first kappa shape index (κ1) is 16.1. The monoisotopic (exact) mass is 305 g/mol. The van der Waals surface area contributed by atoms with Crippen molar-refractivity contribution in [1.29, 1.82) is 0 Å². The summed E-state index contributed by atoms with van der Waals surface area (Å²) in [5.74, 6) is 0.